The molecule has 1 nitrogen and oxygen atoms in total. The van der Waals surface area contributed by atoms with Gasteiger partial charge >= 0.3 is 0 Å². The summed E-state index contributed by atoms with van der Waals surface area (Å²) in [5, 5.41) is 4.03. The molecule has 0 aromatic heterocycles. The van der Waals surface area contributed by atoms with Crippen molar-refractivity contribution >= 4 is 23.4 Å². The zero-order valence-electron chi connectivity index (χ0n) is 5.90. The summed E-state index contributed by atoms with van der Waals surface area (Å²) in [7, 11) is 0. The average molecular weight is 178 g/mol. The summed E-state index contributed by atoms with van der Waals surface area (Å²) in [5.41, 5.74) is 0. The molecule has 1 saturated heterocycles. The number of hydrogen-bond donors (Lipinski definition) is 1. The van der Waals surface area contributed by atoms with Crippen LogP contribution in [-0.2, 0) is 0 Å². The summed E-state index contributed by atoms with van der Waals surface area (Å²) < 4.78 is 0. The van der Waals surface area contributed by atoms with Crippen LogP contribution in [0.15, 0.2) is 11.6 Å². The molecule has 1 N–H and O–H groups in total. The molecule has 1 aliphatic rings. The lowest BCUT2D eigenvalue weighted by atomic mass is 10.3. The number of rotatable bonds is 3. The molecule has 58 valence electrons. The molecule has 0 amide bonds. The van der Waals surface area contributed by atoms with E-state index in [0.29, 0.717) is 11.1 Å². The first-order chi connectivity index (χ1) is 4.79. The topological polar surface area (TPSA) is 12.0 Å². The van der Waals surface area contributed by atoms with Crippen molar-refractivity contribution in [1.29, 1.82) is 0 Å². The number of thioether (sulfide) groups is 1. The molecular weight excluding hydrogens is 166 g/mol. The maximum absolute atomic E-state index is 5.59. The lowest BCUT2D eigenvalue weighted by Gasteiger charge is -2.08. The van der Waals surface area contributed by atoms with Gasteiger partial charge in [0.25, 0.3) is 0 Å². The fourth-order valence-corrected chi connectivity index (χ4v) is 2.21. The van der Waals surface area contributed by atoms with Crippen molar-refractivity contribution < 1.29 is 0 Å². The van der Waals surface area contributed by atoms with E-state index in [9.17, 15) is 0 Å². The van der Waals surface area contributed by atoms with Crippen LogP contribution in [0.3, 0.4) is 0 Å². The molecule has 10 heavy (non-hydrogen) atoms. The van der Waals surface area contributed by atoms with E-state index < -0.39 is 0 Å². The summed E-state index contributed by atoms with van der Waals surface area (Å²) in [5.74, 6) is 2.51. The first kappa shape index (κ1) is 8.44. The first-order valence-corrected chi connectivity index (χ1v) is 4.96. The van der Waals surface area contributed by atoms with E-state index in [2.05, 4.69) is 11.9 Å². The minimum Gasteiger partial charge on any atom is -0.308 e. The van der Waals surface area contributed by atoms with E-state index in [4.69, 9.17) is 11.6 Å². The van der Waals surface area contributed by atoms with Gasteiger partial charge in [-0.1, -0.05) is 18.2 Å². The fourth-order valence-electron chi connectivity index (χ4n) is 0.951. The average Bonchev–Trinajstić information content (AvgIpc) is 2.34. The third-order valence-electron chi connectivity index (χ3n) is 1.51. The maximum atomic E-state index is 5.59. The Morgan fingerprint density at radius 3 is 3.10 bits per heavy atom. The van der Waals surface area contributed by atoms with Crippen LogP contribution >= 0.6 is 23.4 Å². The van der Waals surface area contributed by atoms with Crippen molar-refractivity contribution in [2.24, 2.45) is 0 Å². The third kappa shape index (κ3) is 2.95. The Morgan fingerprint density at radius 2 is 2.60 bits per heavy atom. The minimum atomic E-state index is 0.667. The van der Waals surface area contributed by atoms with Gasteiger partial charge in [-0.3, -0.25) is 0 Å². The van der Waals surface area contributed by atoms with Crippen LogP contribution in [-0.4, -0.2) is 24.1 Å². The summed E-state index contributed by atoms with van der Waals surface area (Å²) in [6, 6.07) is 0.667. The zero-order valence-corrected chi connectivity index (χ0v) is 7.47. The van der Waals surface area contributed by atoms with Crippen LogP contribution in [0.2, 0.25) is 0 Å². The van der Waals surface area contributed by atoms with Crippen molar-refractivity contribution in [1.82, 2.24) is 5.32 Å². The van der Waals surface area contributed by atoms with Gasteiger partial charge in [-0.25, -0.2) is 0 Å². The highest BCUT2D eigenvalue weighted by molar-refractivity contribution is 7.99. The number of hydrogen-bond acceptors (Lipinski definition) is 2. The van der Waals surface area contributed by atoms with Crippen LogP contribution in [0.1, 0.15) is 6.42 Å². The molecule has 0 aromatic carbocycles. The van der Waals surface area contributed by atoms with Crippen LogP contribution in [0, 0.1) is 0 Å². The predicted octanol–water partition coefficient (Wildman–Crippen LogP) is 1.83. The van der Waals surface area contributed by atoms with Crippen molar-refractivity contribution in [2.45, 2.75) is 12.5 Å². The Bertz CT molecular complexity index is 121. The Labute approximate surface area is 71.2 Å². The maximum Gasteiger partial charge on any atom is 0.0310 e. The molecule has 1 unspecified atom stereocenters. The second-order valence-electron chi connectivity index (χ2n) is 2.46. The summed E-state index contributed by atoms with van der Waals surface area (Å²) in [6.45, 7) is 4.37. The van der Waals surface area contributed by atoms with Gasteiger partial charge in [-0.05, 0) is 12.2 Å². The Kier molecular flexibility index (Phi) is 3.60. The molecule has 1 fully saturated rings. The fraction of sp³-hybridized carbons (Fsp3) is 0.714. The second-order valence-corrected chi connectivity index (χ2v) is 4.14. The number of nitrogens with one attached hydrogen (secondary N) is 1. The zero-order chi connectivity index (χ0) is 7.40. The lowest BCUT2D eigenvalue weighted by molar-refractivity contribution is 0.592. The molecule has 0 bridgehead atoms. The van der Waals surface area contributed by atoms with E-state index in [1.54, 1.807) is 0 Å². The smallest absolute Gasteiger partial charge is 0.0310 e. The number of halogens is 1. The summed E-state index contributed by atoms with van der Waals surface area (Å²) in [6.07, 6.45) is 1.27. The molecule has 1 aliphatic heterocycles. The lowest BCUT2D eigenvalue weighted by Crippen LogP contribution is -2.29. The Balaban J connectivity index is 2.07. The van der Waals surface area contributed by atoms with Crippen LogP contribution in [0.4, 0.5) is 0 Å². The summed E-state index contributed by atoms with van der Waals surface area (Å²) >= 11 is 7.59. The molecule has 1 atom stereocenters. The van der Waals surface area contributed by atoms with E-state index in [-0.39, 0.29) is 0 Å². The van der Waals surface area contributed by atoms with Gasteiger partial charge in [-0.15, -0.1) is 0 Å². The van der Waals surface area contributed by atoms with Gasteiger partial charge in [-0.2, -0.15) is 11.8 Å². The van der Waals surface area contributed by atoms with Crippen molar-refractivity contribution in [3.8, 4) is 0 Å². The standard InChI is InChI=1S/C7H12ClNS/c1-6(8)4-9-7-2-3-10-5-7/h7,9H,1-5H2. The second kappa shape index (κ2) is 4.27. The SMILES string of the molecule is C=C(Cl)CNC1CCSC1. The normalized spacial score (nSPS) is 25.1. The Morgan fingerprint density at radius 1 is 1.80 bits per heavy atom. The molecule has 0 aliphatic carbocycles. The van der Waals surface area contributed by atoms with E-state index in [0.717, 1.165) is 6.54 Å². The van der Waals surface area contributed by atoms with Crippen LogP contribution in [0.5, 0.6) is 0 Å². The minimum absolute atomic E-state index is 0.667. The highest BCUT2D eigenvalue weighted by Crippen LogP contribution is 2.16. The van der Waals surface area contributed by atoms with Crippen LogP contribution < -0.4 is 5.32 Å². The molecule has 1 rings (SSSR count). The molecule has 3 heteroatoms. The van der Waals surface area contributed by atoms with Gasteiger partial charge in [0.1, 0.15) is 0 Å². The molecule has 1 heterocycles. The van der Waals surface area contributed by atoms with Crippen molar-refractivity contribution in [3.05, 3.63) is 11.6 Å². The summed E-state index contributed by atoms with van der Waals surface area (Å²) in [4.78, 5) is 0. The van der Waals surface area contributed by atoms with E-state index in [1.807, 2.05) is 11.8 Å². The Hall–Kier alpha value is 0.340. The molecule has 0 aromatic rings. The highest BCUT2D eigenvalue weighted by Gasteiger charge is 2.13. The molecule has 0 radical (unpaired) electrons. The van der Waals surface area contributed by atoms with E-state index in [1.165, 1.54) is 17.9 Å². The largest absolute Gasteiger partial charge is 0.308 e. The molecular formula is C7H12ClNS. The third-order valence-corrected chi connectivity index (χ3v) is 2.81. The van der Waals surface area contributed by atoms with Crippen molar-refractivity contribution in [2.75, 3.05) is 18.1 Å². The van der Waals surface area contributed by atoms with Gasteiger partial charge in [0, 0.05) is 23.4 Å². The van der Waals surface area contributed by atoms with Gasteiger partial charge < -0.3 is 5.32 Å². The van der Waals surface area contributed by atoms with Crippen molar-refractivity contribution in [3.63, 3.8) is 0 Å². The highest BCUT2D eigenvalue weighted by atomic mass is 35.5. The quantitative estimate of drug-likeness (QED) is 0.706. The first-order valence-electron chi connectivity index (χ1n) is 3.43. The van der Waals surface area contributed by atoms with E-state index >= 15 is 0 Å². The monoisotopic (exact) mass is 177 g/mol. The van der Waals surface area contributed by atoms with Gasteiger partial charge in [0.2, 0.25) is 0 Å². The molecule has 0 saturated carbocycles. The van der Waals surface area contributed by atoms with Crippen LogP contribution in [0.25, 0.3) is 0 Å². The predicted molar refractivity (Wildman–Crippen MR) is 48.7 cm³/mol. The molecule has 0 spiro atoms. The van der Waals surface area contributed by atoms with Gasteiger partial charge in [0.15, 0.2) is 0 Å². The van der Waals surface area contributed by atoms with Gasteiger partial charge in [0.05, 0.1) is 0 Å².